The molecule has 86 valence electrons. The Morgan fingerprint density at radius 1 is 1.41 bits per heavy atom. The summed E-state index contributed by atoms with van der Waals surface area (Å²) in [7, 11) is 0. The molecule has 1 aliphatic heterocycles. The Balaban J connectivity index is 2.22. The summed E-state index contributed by atoms with van der Waals surface area (Å²) < 4.78 is 1.99. The Hall–Kier alpha value is -2.14. The third-order valence-corrected chi connectivity index (χ3v) is 2.97. The predicted molar refractivity (Wildman–Crippen MR) is 62.6 cm³/mol. The lowest BCUT2D eigenvalue weighted by Crippen LogP contribution is -2.12. The van der Waals surface area contributed by atoms with Gasteiger partial charge in [0.2, 0.25) is 5.91 Å². The van der Waals surface area contributed by atoms with Crippen molar-refractivity contribution in [3.63, 3.8) is 0 Å². The molecule has 0 saturated carbocycles. The second-order valence-corrected chi connectivity index (χ2v) is 4.07. The van der Waals surface area contributed by atoms with Gasteiger partial charge in [-0.2, -0.15) is 0 Å². The molecular formula is C12H12N4O. The van der Waals surface area contributed by atoms with Crippen LogP contribution < -0.4 is 11.1 Å². The van der Waals surface area contributed by atoms with Crippen LogP contribution in [0.25, 0.3) is 5.69 Å². The molecule has 1 aliphatic rings. The first kappa shape index (κ1) is 10.0. The maximum absolute atomic E-state index is 11.2. The van der Waals surface area contributed by atoms with Crippen molar-refractivity contribution in [3.8, 4) is 5.69 Å². The molecule has 0 aliphatic carbocycles. The smallest absolute Gasteiger partial charge is 0.248 e. The second-order valence-electron chi connectivity index (χ2n) is 4.07. The van der Waals surface area contributed by atoms with Crippen LogP contribution in [-0.2, 0) is 13.1 Å². The minimum absolute atomic E-state index is 0.410. The molecule has 2 aromatic rings. The van der Waals surface area contributed by atoms with E-state index in [0.29, 0.717) is 5.56 Å². The van der Waals surface area contributed by atoms with Gasteiger partial charge in [-0.1, -0.05) is 6.07 Å². The summed E-state index contributed by atoms with van der Waals surface area (Å²) in [5.41, 5.74) is 9.00. The summed E-state index contributed by atoms with van der Waals surface area (Å²) >= 11 is 0. The predicted octanol–water partition coefficient (Wildman–Crippen LogP) is 0.574. The number of fused-ring (bicyclic) bond motifs is 3. The summed E-state index contributed by atoms with van der Waals surface area (Å²) in [6, 6.07) is 5.50. The third kappa shape index (κ3) is 1.60. The molecule has 0 unspecified atom stereocenters. The Labute approximate surface area is 98.3 Å². The number of rotatable bonds is 1. The van der Waals surface area contributed by atoms with Crippen LogP contribution in [0.2, 0.25) is 0 Å². The molecule has 1 aromatic heterocycles. The van der Waals surface area contributed by atoms with Crippen molar-refractivity contribution in [1.82, 2.24) is 14.9 Å². The Bertz CT molecular complexity index is 588. The fraction of sp³-hybridized carbons (Fsp3) is 0.167. The van der Waals surface area contributed by atoms with E-state index in [1.165, 1.54) is 0 Å². The first-order chi connectivity index (χ1) is 8.25. The Morgan fingerprint density at radius 3 is 3.12 bits per heavy atom. The zero-order chi connectivity index (χ0) is 11.8. The highest BCUT2D eigenvalue weighted by atomic mass is 16.1. The van der Waals surface area contributed by atoms with Gasteiger partial charge >= 0.3 is 0 Å². The SMILES string of the molecule is NC(=O)c1ccc2c(c1)-n1cncc1CNC2. The molecule has 0 bridgehead atoms. The summed E-state index contributed by atoms with van der Waals surface area (Å²) in [5, 5.41) is 3.32. The molecule has 5 heteroatoms. The van der Waals surface area contributed by atoms with Crippen molar-refractivity contribution >= 4 is 5.91 Å². The Morgan fingerprint density at radius 2 is 2.29 bits per heavy atom. The van der Waals surface area contributed by atoms with Gasteiger partial charge in [0.1, 0.15) is 0 Å². The van der Waals surface area contributed by atoms with E-state index in [4.69, 9.17) is 5.73 Å². The van der Waals surface area contributed by atoms with E-state index >= 15 is 0 Å². The number of benzene rings is 1. The van der Waals surface area contributed by atoms with Gasteiger partial charge in [0.15, 0.2) is 0 Å². The van der Waals surface area contributed by atoms with Crippen LogP contribution >= 0.6 is 0 Å². The summed E-state index contributed by atoms with van der Waals surface area (Å²) in [4.78, 5) is 15.3. The van der Waals surface area contributed by atoms with E-state index in [9.17, 15) is 4.79 Å². The van der Waals surface area contributed by atoms with Crippen LogP contribution in [-0.4, -0.2) is 15.5 Å². The highest BCUT2D eigenvalue weighted by Crippen LogP contribution is 2.21. The number of imidazole rings is 1. The monoisotopic (exact) mass is 228 g/mol. The van der Waals surface area contributed by atoms with Gasteiger partial charge in [-0.25, -0.2) is 4.98 Å². The largest absolute Gasteiger partial charge is 0.366 e. The lowest BCUT2D eigenvalue weighted by molar-refractivity contribution is 0.100. The highest BCUT2D eigenvalue weighted by molar-refractivity contribution is 5.93. The van der Waals surface area contributed by atoms with Gasteiger partial charge in [0.25, 0.3) is 0 Å². The molecule has 5 nitrogen and oxygen atoms in total. The number of nitrogens with one attached hydrogen (secondary N) is 1. The second kappa shape index (κ2) is 3.71. The average molecular weight is 228 g/mol. The lowest BCUT2D eigenvalue weighted by atomic mass is 10.1. The molecular weight excluding hydrogens is 216 g/mol. The maximum Gasteiger partial charge on any atom is 0.248 e. The van der Waals surface area contributed by atoms with Gasteiger partial charge < -0.3 is 15.6 Å². The van der Waals surface area contributed by atoms with Gasteiger partial charge in [0.05, 0.1) is 17.7 Å². The number of carbonyl (C=O) groups excluding carboxylic acids is 1. The van der Waals surface area contributed by atoms with Crippen LogP contribution in [0, 0.1) is 0 Å². The third-order valence-electron chi connectivity index (χ3n) is 2.97. The zero-order valence-electron chi connectivity index (χ0n) is 9.18. The van der Waals surface area contributed by atoms with Crippen LogP contribution in [0.1, 0.15) is 21.6 Å². The van der Waals surface area contributed by atoms with Gasteiger partial charge in [-0.05, 0) is 17.7 Å². The molecule has 0 radical (unpaired) electrons. The molecule has 0 fully saturated rings. The van der Waals surface area contributed by atoms with Crippen LogP contribution in [0.5, 0.6) is 0 Å². The molecule has 17 heavy (non-hydrogen) atoms. The molecule has 3 rings (SSSR count). The van der Waals surface area contributed by atoms with Crippen molar-refractivity contribution in [2.75, 3.05) is 0 Å². The fourth-order valence-corrected chi connectivity index (χ4v) is 2.09. The summed E-state index contributed by atoms with van der Waals surface area (Å²) in [6.45, 7) is 1.54. The molecule has 0 spiro atoms. The van der Waals surface area contributed by atoms with Crippen molar-refractivity contribution in [2.24, 2.45) is 5.73 Å². The van der Waals surface area contributed by atoms with Gasteiger partial charge in [-0.3, -0.25) is 4.79 Å². The number of amides is 1. The summed E-state index contributed by atoms with van der Waals surface area (Å²) in [5.74, 6) is -0.410. The van der Waals surface area contributed by atoms with Crippen molar-refractivity contribution in [3.05, 3.63) is 47.5 Å². The van der Waals surface area contributed by atoms with Gasteiger partial charge in [0, 0.05) is 24.8 Å². The zero-order valence-corrected chi connectivity index (χ0v) is 9.18. The average Bonchev–Trinajstić information content (AvgIpc) is 2.71. The number of nitrogens with zero attached hydrogens (tertiary/aromatic N) is 2. The Kier molecular flexibility index (Phi) is 2.19. The molecule has 0 atom stereocenters. The minimum Gasteiger partial charge on any atom is -0.366 e. The first-order valence-corrected chi connectivity index (χ1v) is 5.41. The first-order valence-electron chi connectivity index (χ1n) is 5.41. The van der Waals surface area contributed by atoms with E-state index in [-0.39, 0.29) is 0 Å². The molecule has 1 amide bonds. The van der Waals surface area contributed by atoms with Crippen molar-refractivity contribution in [1.29, 1.82) is 0 Å². The van der Waals surface area contributed by atoms with Crippen molar-refractivity contribution < 1.29 is 4.79 Å². The standard InChI is InChI=1S/C12H12N4O/c13-12(17)8-1-2-9-4-14-5-10-6-15-7-16(10)11(9)3-8/h1-3,6-7,14H,4-5H2,(H2,13,17). The van der Waals surface area contributed by atoms with E-state index < -0.39 is 5.91 Å². The molecule has 1 aromatic carbocycles. The van der Waals surface area contributed by atoms with E-state index in [1.807, 2.05) is 22.9 Å². The number of primary amides is 1. The van der Waals surface area contributed by atoms with Crippen LogP contribution in [0.15, 0.2) is 30.7 Å². The lowest BCUT2D eigenvalue weighted by Gasteiger charge is -2.09. The quantitative estimate of drug-likeness (QED) is 0.749. The minimum atomic E-state index is -0.410. The van der Waals surface area contributed by atoms with E-state index in [1.54, 1.807) is 12.4 Å². The topological polar surface area (TPSA) is 72.9 Å². The van der Waals surface area contributed by atoms with E-state index in [0.717, 1.165) is 30.0 Å². The molecule has 3 N–H and O–H groups in total. The van der Waals surface area contributed by atoms with Crippen LogP contribution in [0.4, 0.5) is 0 Å². The van der Waals surface area contributed by atoms with Crippen LogP contribution in [0.3, 0.4) is 0 Å². The number of carbonyl (C=O) groups is 1. The number of aromatic nitrogens is 2. The molecule has 0 saturated heterocycles. The molecule has 2 heterocycles. The highest BCUT2D eigenvalue weighted by Gasteiger charge is 2.14. The summed E-state index contributed by atoms with van der Waals surface area (Å²) in [6.07, 6.45) is 3.57. The number of nitrogens with two attached hydrogens (primary N) is 1. The fourth-order valence-electron chi connectivity index (χ4n) is 2.09. The number of hydrogen-bond donors (Lipinski definition) is 2. The van der Waals surface area contributed by atoms with Crippen molar-refractivity contribution in [2.45, 2.75) is 13.1 Å². The number of hydrogen-bond acceptors (Lipinski definition) is 3. The van der Waals surface area contributed by atoms with Gasteiger partial charge in [-0.15, -0.1) is 0 Å². The maximum atomic E-state index is 11.2. The normalized spacial score (nSPS) is 13.6. The van der Waals surface area contributed by atoms with E-state index in [2.05, 4.69) is 10.3 Å².